The largest absolute Gasteiger partial charge is 0.448 e. The molecule has 134 valence electrons. The molecular formula is C19H25N3O3. The molecule has 1 saturated heterocycles. The summed E-state index contributed by atoms with van der Waals surface area (Å²) in [4.78, 5) is 18.5. The number of nitrogens with one attached hydrogen (secondary N) is 1. The molecule has 6 heteroatoms. The first-order valence-electron chi connectivity index (χ1n) is 8.68. The van der Waals surface area contributed by atoms with Crippen LogP contribution in [0.15, 0.2) is 41.1 Å². The van der Waals surface area contributed by atoms with Gasteiger partial charge in [-0.25, -0.2) is 4.98 Å². The van der Waals surface area contributed by atoms with E-state index in [0.717, 1.165) is 25.2 Å². The molecule has 2 N–H and O–H groups in total. The van der Waals surface area contributed by atoms with Crippen LogP contribution in [-0.4, -0.2) is 39.6 Å². The van der Waals surface area contributed by atoms with Gasteiger partial charge in [0.25, 0.3) is 0 Å². The molecule has 0 aliphatic carbocycles. The SMILES string of the molecule is Cc1ocnc1CNC(=O)CC1(O)CCCN(Cc2ccccc2)C1. The summed E-state index contributed by atoms with van der Waals surface area (Å²) in [6.45, 7) is 4.38. The molecule has 0 bridgehead atoms. The van der Waals surface area contributed by atoms with Crippen LogP contribution >= 0.6 is 0 Å². The van der Waals surface area contributed by atoms with Gasteiger partial charge >= 0.3 is 0 Å². The fraction of sp³-hybridized carbons (Fsp3) is 0.474. The Kier molecular flexibility index (Phi) is 5.50. The number of hydrogen-bond donors (Lipinski definition) is 2. The quantitative estimate of drug-likeness (QED) is 0.839. The maximum Gasteiger partial charge on any atom is 0.223 e. The molecule has 25 heavy (non-hydrogen) atoms. The minimum absolute atomic E-state index is 0.106. The van der Waals surface area contributed by atoms with Crippen molar-refractivity contribution in [2.24, 2.45) is 0 Å². The van der Waals surface area contributed by atoms with E-state index in [1.807, 2.05) is 25.1 Å². The van der Waals surface area contributed by atoms with E-state index in [4.69, 9.17) is 4.42 Å². The smallest absolute Gasteiger partial charge is 0.223 e. The number of rotatable bonds is 6. The normalized spacial score (nSPS) is 21.2. The number of β-amino-alcohol motifs (C(OH)–C–C–N with tert-alkyl or cyclic N) is 1. The Morgan fingerprint density at radius 1 is 1.40 bits per heavy atom. The van der Waals surface area contributed by atoms with Crippen molar-refractivity contribution in [3.8, 4) is 0 Å². The summed E-state index contributed by atoms with van der Waals surface area (Å²) in [6.07, 6.45) is 3.01. The minimum Gasteiger partial charge on any atom is -0.448 e. The average molecular weight is 343 g/mol. The number of piperidine rings is 1. The summed E-state index contributed by atoms with van der Waals surface area (Å²) < 4.78 is 5.12. The number of hydrogen-bond acceptors (Lipinski definition) is 5. The van der Waals surface area contributed by atoms with Crippen molar-refractivity contribution in [3.05, 3.63) is 53.7 Å². The molecule has 1 unspecified atom stereocenters. The summed E-state index contributed by atoms with van der Waals surface area (Å²) in [5.41, 5.74) is 0.961. The average Bonchev–Trinajstić information content (AvgIpc) is 2.99. The molecule has 2 aromatic rings. The Hall–Kier alpha value is -2.18. The van der Waals surface area contributed by atoms with E-state index in [1.165, 1.54) is 12.0 Å². The molecule has 1 amide bonds. The van der Waals surface area contributed by atoms with Gasteiger partial charge in [-0.1, -0.05) is 30.3 Å². The van der Waals surface area contributed by atoms with Crippen LogP contribution in [0, 0.1) is 6.92 Å². The zero-order valence-electron chi connectivity index (χ0n) is 14.6. The molecule has 1 atom stereocenters. The maximum atomic E-state index is 12.2. The van der Waals surface area contributed by atoms with E-state index in [-0.39, 0.29) is 12.3 Å². The number of nitrogens with zero attached hydrogens (tertiary/aromatic N) is 2. The fourth-order valence-electron chi connectivity index (χ4n) is 3.37. The summed E-state index contributed by atoms with van der Waals surface area (Å²) in [6, 6.07) is 10.2. The van der Waals surface area contributed by atoms with Gasteiger partial charge in [0.1, 0.15) is 11.5 Å². The third kappa shape index (κ3) is 4.90. The second kappa shape index (κ2) is 7.80. The molecular weight excluding hydrogens is 318 g/mol. The fourth-order valence-corrected chi connectivity index (χ4v) is 3.37. The lowest BCUT2D eigenvalue weighted by Gasteiger charge is -2.39. The predicted octanol–water partition coefficient (Wildman–Crippen LogP) is 2.02. The van der Waals surface area contributed by atoms with Crippen molar-refractivity contribution in [2.75, 3.05) is 13.1 Å². The van der Waals surface area contributed by atoms with E-state index in [9.17, 15) is 9.90 Å². The van der Waals surface area contributed by atoms with Crippen LogP contribution in [0.3, 0.4) is 0 Å². The number of aromatic nitrogens is 1. The highest BCUT2D eigenvalue weighted by Crippen LogP contribution is 2.25. The first-order chi connectivity index (χ1) is 12.0. The molecule has 0 radical (unpaired) electrons. The van der Waals surface area contributed by atoms with E-state index in [1.54, 1.807) is 0 Å². The van der Waals surface area contributed by atoms with Gasteiger partial charge < -0.3 is 14.8 Å². The van der Waals surface area contributed by atoms with Crippen LogP contribution in [-0.2, 0) is 17.9 Å². The Balaban J connectivity index is 1.51. The summed E-state index contributed by atoms with van der Waals surface area (Å²) in [5.74, 6) is 0.539. The van der Waals surface area contributed by atoms with Crippen molar-refractivity contribution >= 4 is 5.91 Å². The number of aryl methyl sites for hydroxylation is 1. The molecule has 1 aromatic heterocycles. The van der Waals surface area contributed by atoms with Crippen molar-refractivity contribution in [3.63, 3.8) is 0 Å². The highest BCUT2D eigenvalue weighted by molar-refractivity contribution is 5.77. The molecule has 1 aliphatic rings. The first kappa shape index (κ1) is 17.6. The molecule has 6 nitrogen and oxygen atoms in total. The Morgan fingerprint density at radius 3 is 2.92 bits per heavy atom. The number of aliphatic hydroxyl groups is 1. The molecule has 0 spiro atoms. The van der Waals surface area contributed by atoms with Crippen molar-refractivity contribution in [1.82, 2.24) is 15.2 Å². The zero-order chi connectivity index (χ0) is 17.7. The standard InChI is InChI=1S/C19H25N3O3/c1-15-17(21-14-25-15)11-20-18(23)10-19(24)8-5-9-22(13-19)12-16-6-3-2-4-7-16/h2-4,6-7,14,24H,5,8-13H2,1H3,(H,20,23). The van der Waals surface area contributed by atoms with Crippen molar-refractivity contribution in [2.45, 2.75) is 44.9 Å². The second-order valence-corrected chi connectivity index (χ2v) is 6.83. The van der Waals surface area contributed by atoms with Crippen molar-refractivity contribution < 1.29 is 14.3 Å². The lowest BCUT2D eigenvalue weighted by atomic mass is 9.89. The Labute approximate surface area is 147 Å². The van der Waals surface area contributed by atoms with Gasteiger partial charge in [-0.05, 0) is 31.9 Å². The highest BCUT2D eigenvalue weighted by atomic mass is 16.3. The van der Waals surface area contributed by atoms with Gasteiger partial charge in [-0.15, -0.1) is 0 Å². The lowest BCUT2D eigenvalue weighted by Crippen LogP contribution is -2.50. The van der Waals surface area contributed by atoms with Crippen LogP contribution in [0.25, 0.3) is 0 Å². The van der Waals surface area contributed by atoms with Crippen LogP contribution in [0.2, 0.25) is 0 Å². The van der Waals surface area contributed by atoms with Crippen LogP contribution in [0.4, 0.5) is 0 Å². The number of likely N-dealkylation sites (tertiary alicyclic amines) is 1. The number of carbonyl (C=O) groups is 1. The van der Waals surface area contributed by atoms with E-state index in [0.29, 0.717) is 25.3 Å². The third-order valence-corrected chi connectivity index (χ3v) is 4.67. The molecule has 2 heterocycles. The summed E-state index contributed by atoms with van der Waals surface area (Å²) in [5, 5.41) is 13.7. The number of amides is 1. The highest BCUT2D eigenvalue weighted by Gasteiger charge is 2.35. The van der Waals surface area contributed by atoms with Gasteiger partial charge in [0.05, 0.1) is 18.6 Å². The molecule has 1 aromatic carbocycles. The van der Waals surface area contributed by atoms with Crippen molar-refractivity contribution in [1.29, 1.82) is 0 Å². The summed E-state index contributed by atoms with van der Waals surface area (Å²) >= 11 is 0. The zero-order valence-corrected chi connectivity index (χ0v) is 14.6. The van der Waals surface area contributed by atoms with E-state index >= 15 is 0 Å². The second-order valence-electron chi connectivity index (χ2n) is 6.83. The van der Waals surface area contributed by atoms with Gasteiger partial charge in [-0.2, -0.15) is 0 Å². The number of benzene rings is 1. The molecule has 3 rings (SSSR count). The van der Waals surface area contributed by atoms with Gasteiger partial charge in [-0.3, -0.25) is 9.69 Å². The van der Waals surface area contributed by atoms with Gasteiger partial charge in [0.15, 0.2) is 6.39 Å². The number of oxazole rings is 1. The number of carbonyl (C=O) groups excluding carboxylic acids is 1. The molecule has 0 saturated carbocycles. The first-order valence-corrected chi connectivity index (χ1v) is 8.68. The monoisotopic (exact) mass is 343 g/mol. The van der Waals surface area contributed by atoms with Gasteiger partial charge in [0, 0.05) is 13.1 Å². The Bertz CT molecular complexity index is 701. The van der Waals surface area contributed by atoms with Crippen LogP contribution in [0.1, 0.15) is 36.3 Å². The van der Waals surface area contributed by atoms with E-state index in [2.05, 4.69) is 27.3 Å². The lowest BCUT2D eigenvalue weighted by molar-refractivity contribution is -0.129. The molecule has 1 fully saturated rings. The van der Waals surface area contributed by atoms with Gasteiger partial charge in [0.2, 0.25) is 5.91 Å². The third-order valence-electron chi connectivity index (χ3n) is 4.67. The van der Waals surface area contributed by atoms with E-state index < -0.39 is 5.60 Å². The molecule has 1 aliphatic heterocycles. The van der Waals surface area contributed by atoms with Crippen LogP contribution in [0.5, 0.6) is 0 Å². The minimum atomic E-state index is -0.976. The van der Waals surface area contributed by atoms with Crippen LogP contribution < -0.4 is 5.32 Å². The Morgan fingerprint density at radius 2 is 2.20 bits per heavy atom. The maximum absolute atomic E-state index is 12.2. The topological polar surface area (TPSA) is 78.6 Å². The summed E-state index contributed by atoms with van der Waals surface area (Å²) in [7, 11) is 0. The predicted molar refractivity (Wildman–Crippen MR) is 93.6 cm³/mol.